The first-order chi connectivity index (χ1) is 7.70. The minimum atomic E-state index is 0.138. The van der Waals surface area contributed by atoms with E-state index in [4.69, 9.17) is 15.9 Å². The van der Waals surface area contributed by atoms with E-state index in [1.807, 2.05) is 18.2 Å². The van der Waals surface area contributed by atoms with E-state index in [1.54, 1.807) is 0 Å². The molecule has 0 saturated carbocycles. The Morgan fingerprint density at radius 1 is 1.31 bits per heavy atom. The molecule has 0 aliphatic rings. The third-order valence-corrected chi connectivity index (χ3v) is 2.48. The van der Waals surface area contributed by atoms with Crippen molar-refractivity contribution in [2.24, 2.45) is 5.73 Å². The van der Waals surface area contributed by atoms with Gasteiger partial charge in [0.1, 0.15) is 0 Å². The zero-order chi connectivity index (χ0) is 11.8. The number of nitrogens with two attached hydrogens (primary N) is 1. The smallest absolute Gasteiger partial charge is 0.0905 e. The Hall–Kier alpha value is -1.35. The zero-order valence-electron chi connectivity index (χ0n) is 9.78. The molecule has 0 bridgehead atoms. The molecule has 3 N–H and O–H groups in total. The lowest BCUT2D eigenvalue weighted by atomic mass is 10.1. The second-order valence-electron chi connectivity index (χ2n) is 3.91. The van der Waals surface area contributed by atoms with Crippen molar-refractivity contribution in [3.8, 4) is 0 Å². The van der Waals surface area contributed by atoms with Crippen LogP contribution in [0.1, 0.15) is 37.9 Å². The highest BCUT2D eigenvalue weighted by molar-refractivity contribution is 5.76. The van der Waals surface area contributed by atoms with E-state index < -0.39 is 0 Å². The number of benzene rings is 1. The summed E-state index contributed by atoms with van der Waals surface area (Å²) in [5.74, 6) is 0.260. The maximum atomic E-state index is 7.09. The normalized spacial score (nSPS) is 12.3. The summed E-state index contributed by atoms with van der Waals surface area (Å²) in [6.45, 7) is 2.78. The molecule has 3 nitrogen and oxygen atoms in total. The molecule has 3 heteroatoms. The number of hydrogen-bond acceptors (Lipinski definition) is 2. The van der Waals surface area contributed by atoms with Gasteiger partial charge in [-0.3, -0.25) is 5.41 Å². The number of hydrogen-bond donors (Lipinski definition) is 2. The van der Waals surface area contributed by atoms with E-state index in [0.29, 0.717) is 6.42 Å². The molecule has 1 aromatic rings. The second kappa shape index (κ2) is 7.01. The molecule has 0 saturated heterocycles. The quantitative estimate of drug-likeness (QED) is 0.421. The topological polar surface area (TPSA) is 59.1 Å². The summed E-state index contributed by atoms with van der Waals surface area (Å²) in [5, 5.41) is 7.09. The maximum Gasteiger partial charge on any atom is 0.0905 e. The zero-order valence-corrected chi connectivity index (χ0v) is 9.78. The van der Waals surface area contributed by atoms with Crippen LogP contribution in [0.3, 0.4) is 0 Å². The number of ether oxygens (including phenoxy) is 1. The number of rotatable bonds is 7. The van der Waals surface area contributed by atoms with Crippen molar-refractivity contribution >= 4 is 5.84 Å². The van der Waals surface area contributed by atoms with E-state index in [1.165, 1.54) is 5.56 Å². The molecule has 0 radical (unpaired) electrons. The van der Waals surface area contributed by atoms with Gasteiger partial charge in [0.25, 0.3) is 0 Å². The molecule has 0 spiro atoms. The lowest BCUT2D eigenvalue weighted by Crippen LogP contribution is -2.09. The van der Waals surface area contributed by atoms with E-state index in [9.17, 15) is 0 Å². The summed E-state index contributed by atoms with van der Waals surface area (Å²) in [4.78, 5) is 0. The fourth-order valence-corrected chi connectivity index (χ4v) is 1.50. The highest BCUT2D eigenvalue weighted by Gasteiger charge is 2.03. The van der Waals surface area contributed by atoms with E-state index in [-0.39, 0.29) is 11.9 Å². The van der Waals surface area contributed by atoms with Crippen LogP contribution in [0, 0.1) is 5.41 Å². The SMILES string of the molecule is CC(OCCCCC(=N)N)c1ccccc1. The number of nitrogens with one attached hydrogen (secondary N) is 1. The van der Waals surface area contributed by atoms with Gasteiger partial charge in [-0.1, -0.05) is 30.3 Å². The monoisotopic (exact) mass is 220 g/mol. The van der Waals surface area contributed by atoms with Gasteiger partial charge in [-0.05, 0) is 25.3 Å². The van der Waals surface area contributed by atoms with Crippen LogP contribution in [0.2, 0.25) is 0 Å². The van der Waals surface area contributed by atoms with Crippen LogP contribution >= 0.6 is 0 Å². The van der Waals surface area contributed by atoms with Crippen LogP contribution in [-0.2, 0) is 4.74 Å². The van der Waals surface area contributed by atoms with Crippen LogP contribution < -0.4 is 5.73 Å². The van der Waals surface area contributed by atoms with Crippen LogP contribution in [0.15, 0.2) is 30.3 Å². The van der Waals surface area contributed by atoms with Crippen molar-refractivity contribution < 1.29 is 4.74 Å². The average molecular weight is 220 g/mol. The molecular formula is C13H20N2O. The van der Waals surface area contributed by atoms with Crippen molar-refractivity contribution in [1.82, 2.24) is 0 Å². The molecule has 0 aliphatic heterocycles. The lowest BCUT2D eigenvalue weighted by Gasteiger charge is -2.13. The van der Waals surface area contributed by atoms with Crippen LogP contribution in [0.25, 0.3) is 0 Å². The molecule has 16 heavy (non-hydrogen) atoms. The molecule has 0 amide bonds. The molecule has 1 atom stereocenters. The van der Waals surface area contributed by atoms with Crippen LogP contribution in [0.4, 0.5) is 0 Å². The summed E-state index contributed by atoms with van der Waals surface area (Å²) in [6.07, 6.45) is 2.69. The Morgan fingerprint density at radius 2 is 2.00 bits per heavy atom. The lowest BCUT2D eigenvalue weighted by molar-refractivity contribution is 0.0633. The fourth-order valence-electron chi connectivity index (χ4n) is 1.50. The number of unbranched alkanes of at least 4 members (excludes halogenated alkanes) is 1. The Balaban J connectivity index is 2.16. The van der Waals surface area contributed by atoms with Crippen molar-refractivity contribution in [3.05, 3.63) is 35.9 Å². The predicted octanol–water partition coefficient (Wildman–Crippen LogP) is 2.87. The van der Waals surface area contributed by atoms with Gasteiger partial charge in [-0.2, -0.15) is 0 Å². The van der Waals surface area contributed by atoms with Gasteiger partial charge in [-0.25, -0.2) is 0 Å². The third-order valence-electron chi connectivity index (χ3n) is 2.48. The highest BCUT2D eigenvalue weighted by Crippen LogP contribution is 2.16. The van der Waals surface area contributed by atoms with Gasteiger partial charge >= 0.3 is 0 Å². The standard InChI is InChI=1S/C13H20N2O/c1-11(12-7-3-2-4-8-12)16-10-6-5-9-13(14)15/h2-4,7-8,11H,5-6,9-10H2,1H3,(H3,14,15). The highest BCUT2D eigenvalue weighted by atomic mass is 16.5. The molecule has 0 fully saturated rings. The van der Waals surface area contributed by atoms with Crippen LogP contribution in [0.5, 0.6) is 0 Å². The Bertz CT molecular complexity index is 311. The summed E-state index contributed by atoms with van der Waals surface area (Å²) in [6, 6.07) is 10.2. The minimum absolute atomic E-state index is 0.138. The number of amidine groups is 1. The third kappa shape index (κ3) is 4.94. The summed E-state index contributed by atoms with van der Waals surface area (Å²) in [7, 11) is 0. The predicted molar refractivity (Wildman–Crippen MR) is 66.6 cm³/mol. The minimum Gasteiger partial charge on any atom is -0.388 e. The van der Waals surface area contributed by atoms with E-state index >= 15 is 0 Å². The van der Waals surface area contributed by atoms with Gasteiger partial charge in [0, 0.05) is 13.0 Å². The summed E-state index contributed by atoms with van der Waals surface area (Å²) >= 11 is 0. The fraction of sp³-hybridized carbons (Fsp3) is 0.462. The van der Waals surface area contributed by atoms with Gasteiger partial charge in [0.05, 0.1) is 11.9 Å². The largest absolute Gasteiger partial charge is 0.388 e. The second-order valence-corrected chi connectivity index (χ2v) is 3.91. The Kier molecular flexibility index (Phi) is 5.57. The van der Waals surface area contributed by atoms with Gasteiger partial charge in [-0.15, -0.1) is 0 Å². The van der Waals surface area contributed by atoms with Crippen LogP contribution in [-0.4, -0.2) is 12.4 Å². The van der Waals surface area contributed by atoms with Gasteiger partial charge in [0.2, 0.25) is 0 Å². The summed E-state index contributed by atoms with van der Waals surface area (Å²) in [5.41, 5.74) is 6.47. The molecule has 88 valence electrons. The molecule has 1 unspecified atom stereocenters. The first-order valence-corrected chi connectivity index (χ1v) is 5.69. The first-order valence-electron chi connectivity index (χ1n) is 5.69. The van der Waals surface area contributed by atoms with Crippen molar-refractivity contribution in [2.45, 2.75) is 32.3 Å². The summed E-state index contributed by atoms with van der Waals surface area (Å²) < 4.78 is 5.70. The molecule has 0 aliphatic carbocycles. The molecule has 0 aromatic heterocycles. The van der Waals surface area contributed by atoms with Crippen molar-refractivity contribution in [3.63, 3.8) is 0 Å². The van der Waals surface area contributed by atoms with Crippen molar-refractivity contribution in [2.75, 3.05) is 6.61 Å². The van der Waals surface area contributed by atoms with Crippen molar-refractivity contribution in [1.29, 1.82) is 5.41 Å². The average Bonchev–Trinajstić information content (AvgIpc) is 2.29. The maximum absolute atomic E-state index is 7.09. The van der Waals surface area contributed by atoms with Gasteiger partial charge < -0.3 is 10.5 Å². The first kappa shape index (κ1) is 12.7. The Morgan fingerprint density at radius 3 is 2.62 bits per heavy atom. The van der Waals surface area contributed by atoms with Gasteiger partial charge in [0.15, 0.2) is 0 Å². The van der Waals surface area contributed by atoms with E-state index in [2.05, 4.69) is 19.1 Å². The molecule has 0 heterocycles. The van der Waals surface area contributed by atoms with E-state index in [0.717, 1.165) is 19.4 Å². The molecular weight excluding hydrogens is 200 g/mol. The Labute approximate surface area is 97.1 Å². The molecule has 1 aromatic carbocycles. The molecule has 1 rings (SSSR count).